The Bertz CT molecular complexity index is 941. The number of likely N-dealkylation sites (tertiary alicyclic amines) is 1. The molecule has 4 aliphatic rings. The lowest BCUT2D eigenvalue weighted by Crippen LogP contribution is -2.56. The molecule has 5 rings (SSSR count). The van der Waals surface area contributed by atoms with Crippen LogP contribution in [0.2, 0.25) is 0 Å². The molecule has 3 amide bonds. The number of anilines is 1. The van der Waals surface area contributed by atoms with E-state index in [1.807, 2.05) is 29.2 Å². The van der Waals surface area contributed by atoms with E-state index in [4.69, 9.17) is 4.74 Å². The third-order valence-corrected chi connectivity index (χ3v) is 8.62. The quantitative estimate of drug-likeness (QED) is 0.642. The van der Waals surface area contributed by atoms with Gasteiger partial charge < -0.3 is 20.3 Å². The number of nitrogens with one attached hydrogen (secondary N) is 2. The molecule has 2 atom stereocenters. The average Bonchev–Trinajstić information content (AvgIpc) is 3.29. The zero-order chi connectivity index (χ0) is 25.3. The fourth-order valence-corrected chi connectivity index (χ4v) is 6.40. The van der Waals surface area contributed by atoms with Crippen LogP contribution < -0.4 is 10.6 Å². The Labute approximate surface area is 213 Å². The van der Waals surface area contributed by atoms with Gasteiger partial charge in [0.25, 0.3) is 0 Å². The van der Waals surface area contributed by atoms with Crippen molar-refractivity contribution in [1.82, 2.24) is 20.0 Å². The second-order valence-electron chi connectivity index (χ2n) is 11.1. The smallest absolute Gasteiger partial charge is 0.243 e. The van der Waals surface area contributed by atoms with Crippen LogP contribution in [0.4, 0.5) is 5.69 Å². The molecule has 4 aliphatic heterocycles. The molecule has 1 spiro atoms. The standard InChI is InChI=1S/C27H39N5O4/c1-19(33)28-21-5-3-20(4-6-21)17-31-11-9-27(10-12-31)16-25(34)32-18-23(15-24(32)26(35)29-27)30(2)22-7-13-36-14-8-22/h3-6,22-24H,7-18H2,1-2H3,(H,28,33)(H,29,35)/t23-,24-/m0/s1. The summed E-state index contributed by atoms with van der Waals surface area (Å²) in [6.45, 7) is 6.20. The molecule has 0 bridgehead atoms. The fourth-order valence-electron chi connectivity index (χ4n) is 6.40. The molecule has 0 radical (unpaired) electrons. The van der Waals surface area contributed by atoms with Crippen LogP contribution in [0.3, 0.4) is 0 Å². The molecule has 4 saturated heterocycles. The van der Waals surface area contributed by atoms with E-state index in [2.05, 4.69) is 27.5 Å². The maximum atomic E-state index is 13.4. The average molecular weight is 498 g/mol. The van der Waals surface area contributed by atoms with Crippen molar-refractivity contribution in [1.29, 1.82) is 0 Å². The molecule has 1 aromatic rings. The summed E-state index contributed by atoms with van der Waals surface area (Å²) >= 11 is 0. The molecule has 1 aromatic carbocycles. The van der Waals surface area contributed by atoms with Crippen molar-refractivity contribution in [3.8, 4) is 0 Å². The molecule has 9 heteroatoms. The molecule has 36 heavy (non-hydrogen) atoms. The lowest BCUT2D eigenvalue weighted by molar-refractivity contribution is -0.135. The SMILES string of the molecule is CC(=O)Nc1ccc(CN2CCC3(CC2)CC(=O)N2C[C@@H](N(C)C4CCOCC4)C[C@H]2C(=O)N3)cc1. The Morgan fingerprint density at radius 3 is 2.50 bits per heavy atom. The van der Waals surface area contributed by atoms with E-state index in [1.54, 1.807) is 0 Å². The highest BCUT2D eigenvalue weighted by molar-refractivity contribution is 5.92. The Hall–Kier alpha value is -2.49. The summed E-state index contributed by atoms with van der Waals surface area (Å²) in [5, 5.41) is 6.13. The van der Waals surface area contributed by atoms with E-state index in [-0.39, 0.29) is 29.8 Å². The minimum Gasteiger partial charge on any atom is -0.381 e. The van der Waals surface area contributed by atoms with Crippen LogP contribution in [0.1, 0.15) is 51.0 Å². The minimum absolute atomic E-state index is 0.0192. The highest BCUT2D eigenvalue weighted by Gasteiger charge is 2.49. The van der Waals surface area contributed by atoms with Gasteiger partial charge in [0.05, 0.1) is 12.0 Å². The van der Waals surface area contributed by atoms with E-state index in [1.165, 1.54) is 12.5 Å². The van der Waals surface area contributed by atoms with Gasteiger partial charge in [-0.1, -0.05) is 12.1 Å². The highest BCUT2D eigenvalue weighted by atomic mass is 16.5. The summed E-state index contributed by atoms with van der Waals surface area (Å²) in [7, 11) is 2.14. The number of hydrogen-bond donors (Lipinski definition) is 2. The summed E-state index contributed by atoms with van der Waals surface area (Å²) in [6, 6.07) is 8.25. The van der Waals surface area contributed by atoms with Gasteiger partial charge in [0, 0.05) is 64.1 Å². The number of hydrogen-bond acceptors (Lipinski definition) is 6. The van der Waals surface area contributed by atoms with Gasteiger partial charge in [-0.15, -0.1) is 0 Å². The second kappa shape index (κ2) is 10.5. The topological polar surface area (TPSA) is 94.2 Å². The molecule has 0 saturated carbocycles. The monoisotopic (exact) mass is 497 g/mol. The summed E-state index contributed by atoms with van der Waals surface area (Å²) in [6.07, 6.45) is 4.68. The molecule has 0 aliphatic carbocycles. The zero-order valence-electron chi connectivity index (χ0n) is 21.5. The molecular weight excluding hydrogens is 458 g/mol. The number of likely N-dealkylation sites (N-methyl/N-ethyl adjacent to an activating group) is 1. The first-order chi connectivity index (χ1) is 17.3. The van der Waals surface area contributed by atoms with Crippen molar-refractivity contribution in [2.24, 2.45) is 0 Å². The number of benzene rings is 1. The van der Waals surface area contributed by atoms with Crippen LogP contribution in [0.25, 0.3) is 0 Å². The summed E-state index contributed by atoms with van der Waals surface area (Å²) in [5.41, 5.74) is 1.54. The van der Waals surface area contributed by atoms with Crippen molar-refractivity contribution in [2.45, 2.75) is 75.7 Å². The number of amides is 3. The number of nitrogens with zero attached hydrogens (tertiary/aromatic N) is 3. The van der Waals surface area contributed by atoms with Crippen LogP contribution in [-0.4, -0.2) is 96.0 Å². The number of fused-ring (bicyclic) bond motifs is 1. The maximum Gasteiger partial charge on any atom is 0.243 e. The van der Waals surface area contributed by atoms with Crippen molar-refractivity contribution in [2.75, 3.05) is 45.2 Å². The Morgan fingerprint density at radius 2 is 1.83 bits per heavy atom. The van der Waals surface area contributed by atoms with Gasteiger partial charge in [-0.3, -0.25) is 24.2 Å². The van der Waals surface area contributed by atoms with Crippen molar-refractivity contribution < 1.29 is 19.1 Å². The number of ether oxygens (including phenoxy) is 1. The van der Waals surface area contributed by atoms with Gasteiger partial charge in [-0.05, 0) is 56.8 Å². The van der Waals surface area contributed by atoms with Gasteiger partial charge in [0.2, 0.25) is 17.7 Å². The first kappa shape index (κ1) is 25.2. The van der Waals surface area contributed by atoms with Crippen molar-refractivity contribution in [3.05, 3.63) is 29.8 Å². The summed E-state index contributed by atoms with van der Waals surface area (Å²) < 4.78 is 5.51. The highest BCUT2D eigenvalue weighted by Crippen LogP contribution is 2.34. The van der Waals surface area contributed by atoms with E-state index < -0.39 is 5.54 Å². The van der Waals surface area contributed by atoms with Crippen LogP contribution >= 0.6 is 0 Å². The van der Waals surface area contributed by atoms with Gasteiger partial charge in [-0.2, -0.15) is 0 Å². The molecule has 9 nitrogen and oxygen atoms in total. The summed E-state index contributed by atoms with van der Waals surface area (Å²) in [5.74, 6) is 0.0559. The van der Waals surface area contributed by atoms with Crippen molar-refractivity contribution >= 4 is 23.4 Å². The van der Waals surface area contributed by atoms with Gasteiger partial charge >= 0.3 is 0 Å². The Balaban J connectivity index is 1.16. The van der Waals surface area contributed by atoms with Gasteiger partial charge in [0.15, 0.2) is 0 Å². The van der Waals surface area contributed by atoms with E-state index in [9.17, 15) is 14.4 Å². The fraction of sp³-hybridized carbons (Fsp3) is 0.667. The third kappa shape index (κ3) is 5.43. The van der Waals surface area contributed by atoms with Gasteiger partial charge in [-0.25, -0.2) is 0 Å². The number of rotatable bonds is 5. The predicted molar refractivity (Wildman–Crippen MR) is 136 cm³/mol. The lowest BCUT2D eigenvalue weighted by atomic mass is 9.84. The molecule has 2 N–H and O–H groups in total. The largest absolute Gasteiger partial charge is 0.381 e. The van der Waals surface area contributed by atoms with Crippen LogP contribution in [0.15, 0.2) is 24.3 Å². The summed E-state index contributed by atoms with van der Waals surface area (Å²) in [4.78, 5) is 44.6. The van der Waals surface area contributed by atoms with Gasteiger partial charge in [0.1, 0.15) is 6.04 Å². The molecule has 0 aromatic heterocycles. The Kier molecular flexibility index (Phi) is 7.32. The maximum absolute atomic E-state index is 13.4. The molecule has 4 heterocycles. The van der Waals surface area contributed by atoms with E-state index in [0.717, 1.165) is 64.2 Å². The normalized spacial score (nSPS) is 27.1. The van der Waals surface area contributed by atoms with E-state index in [0.29, 0.717) is 25.4 Å². The van der Waals surface area contributed by atoms with Crippen LogP contribution in [0.5, 0.6) is 0 Å². The number of carbonyl (C=O) groups is 3. The Morgan fingerprint density at radius 1 is 1.14 bits per heavy atom. The lowest BCUT2D eigenvalue weighted by Gasteiger charge is -2.41. The molecule has 4 fully saturated rings. The minimum atomic E-state index is -0.438. The first-order valence-corrected chi connectivity index (χ1v) is 13.3. The molecular formula is C27H39N5O4. The third-order valence-electron chi connectivity index (χ3n) is 8.62. The number of piperidine rings is 1. The van der Waals surface area contributed by atoms with E-state index >= 15 is 0 Å². The molecule has 196 valence electrons. The first-order valence-electron chi connectivity index (χ1n) is 13.3. The predicted octanol–water partition coefficient (Wildman–Crippen LogP) is 1.58. The van der Waals surface area contributed by atoms with Crippen LogP contribution in [-0.2, 0) is 25.7 Å². The zero-order valence-corrected chi connectivity index (χ0v) is 21.5. The molecule has 0 unspecified atom stereocenters. The van der Waals surface area contributed by atoms with Crippen molar-refractivity contribution in [3.63, 3.8) is 0 Å². The number of carbonyl (C=O) groups excluding carboxylic acids is 3. The van der Waals surface area contributed by atoms with Crippen LogP contribution in [0, 0.1) is 0 Å². The second-order valence-corrected chi connectivity index (χ2v) is 11.1.